The SMILES string of the molecule is CC(CC#Cc1ccc(Cl)cc1CO)Nc1ncnc2sccc12. The van der Waals surface area contributed by atoms with Crippen molar-refractivity contribution in [3.05, 3.63) is 52.1 Å². The van der Waals surface area contributed by atoms with Crippen molar-refractivity contribution in [2.24, 2.45) is 0 Å². The second-order valence-corrected chi connectivity index (χ2v) is 6.70. The van der Waals surface area contributed by atoms with Gasteiger partial charge in [-0.05, 0) is 42.1 Å². The Bertz CT molecular complexity index is 913. The zero-order valence-electron chi connectivity index (χ0n) is 13.1. The molecule has 2 heterocycles. The highest BCUT2D eigenvalue weighted by Crippen LogP contribution is 2.24. The van der Waals surface area contributed by atoms with Crippen molar-refractivity contribution in [3.8, 4) is 11.8 Å². The van der Waals surface area contributed by atoms with E-state index in [4.69, 9.17) is 11.6 Å². The number of thiophene rings is 1. The van der Waals surface area contributed by atoms with E-state index < -0.39 is 0 Å². The van der Waals surface area contributed by atoms with Crippen molar-refractivity contribution >= 4 is 39.0 Å². The molecule has 122 valence electrons. The van der Waals surface area contributed by atoms with Gasteiger partial charge in [0, 0.05) is 23.0 Å². The fourth-order valence-corrected chi connectivity index (χ4v) is 3.23. The Morgan fingerprint density at radius 3 is 3.04 bits per heavy atom. The highest BCUT2D eigenvalue weighted by molar-refractivity contribution is 7.16. The Morgan fingerprint density at radius 1 is 1.33 bits per heavy atom. The van der Waals surface area contributed by atoms with Crippen molar-refractivity contribution in [3.63, 3.8) is 0 Å². The lowest BCUT2D eigenvalue weighted by atomic mass is 10.1. The fraction of sp³-hybridized carbons (Fsp3) is 0.222. The summed E-state index contributed by atoms with van der Waals surface area (Å²) in [6, 6.07) is 7.50. The average Bonchev–Trinajstić information content (AvgIpc) is 3.06. The normalized spacial score (nSPS) is 11.8. The molecule has 0 bridgehead atoms. The lowest BCUT2D eigenvalue weighted by Gasteiger charge is -2.12. The molecule has 24 heavy (non-hydrogen) atoms. The van der Waals surface area contributed by atoms with Gasteiger partial charge in [-0.2, -0.15) is 0 Å². The van der Waals surface area contributed by atoms with Gasteiger partial charge in [0.05, 0.1) is 12.0 Å². The molecule has 2 N–H and O–H groups in total. The maximum Gasteiger partial charge on any atom is 0.138 e. The van der Waals surface area contributed by atoms with Crippen LogP contribution in [-0.4, -0.2) is 21.1 Å². The third-order valence-electron chi connectivity index (χ3n) is 3.51. The fourth-order valence-electron chi connectivity index (χ4n) is 2.30. The van der Waals surface area contributed by atoms with Gasteiger partial charge in [-0.3, -0.25) is 0 Å². The Hall–Kier alpha value is -2.13. The summed E-state index contributed by atoms with van der Waals surface area (Å²) in [6.45, 7) is 1.99. The second-order valence-electron chi connectivity index (χ2n) is 5.37. The minimum Gasteiger partial charge on any atom is -0.392 e. The monoisotopic (exact) mass is 357 g/mol. The molecule has 0 radical (unpaired) electrons. The number of anilines is 1. The van der Waals surface area contributed by atoms with E-state index in [1.807, 2.05) is 17.5 Å². The Balaban J connectivity index is 1.68. The van der Waals surface area contributed by atoms with Crippen LogP contribution in [0, 0.1) is 11.8 Å². The molecule has 0 saturated heterocycles. The number of halogens is 1. The number of aliphatic hydroxyl groups excluding tert-OH is 1. The van der Waals surface area contributed by atoms with E-state index in [9.17, 15) is 5.11 Å². The maximum atomic E-state index is 9.37. The summed E-state index contributed by atoms with van der Waals surface area (Å²) in [5.41, 5.74) is 1.54. The minimum absolute atomic E-state index is 0.0740. The van der Waals surface area contributed by atoms with Crippen molar-refractivity contribution < 1.29 is 5.11 Å². The molecule has 0 saturated carbocycles. The van der Waals surface area contributed by atoms with Gasteiger partial charge in [0.2, 0.25) is 0 Å². The van der Waals surface area contributed by atoms with E-state index in [1.165, 1.54) is 0 Å². The zero-order chi connectivity index (χ0) is 16.9. The Morgan fingerprint density at radius 2 is 2.21 bits per heavy atom. The van der Waals surface area contributed by atoms with Gasteiger partial charge in [-0.25, -0.2) is 9.97 Å². The molecular formula is C18H16ClN3OS. The van der Waals surface area contributed by atoms with Crippen molar-refractivity contribution in [2.45, 2.75) is 26.0 Å². The standard InChI is InChI=1S/C18H16ClN3OS/c1-12(22-17-16-7-8-24-18(16)21-11-20-17)3-2-4-13-5-6-15(19)9-14(13)10-23/h5-9,11-12,23H,3,10H2,1H3,(H,20,21,22). The van der Waals surface area contributed by atoms with E-state index in [0.29, 0.717) is 11.4 Å². The first-order chi connectivity index (χ1) is 11.7. The van der Waals surface area contributed by atoms with E-state index >= 15 is 0 Å². The number of rotatable bonds is 4. The topological polar surface area (TPSA) is 58.0 Å². The molecule has 0 aliphatic heterocycles. The molecule has 0 fully saturated rings. The van der Waals surface area contributed by atoms with Crippen molar-refractivity contribution in [1.82, 2.24) is 9.97 Å². The predicted molar refractivity (Wildman–Crippen MR) is 99.4 cm³/mol. The third kappa shape index (κ3) is 3.85. The molecule has 3 rings (SSSR count). The Labute approximate surface area is 149 Å². The molecule has 0 spiro atoms. The number of hydrogen-bond acceptors (Lipinski definition) is 5. The van der Waals surface area contributed by atoms with Crippen LogP contribution in [0.1, 0.15) is 24.5 Å². The maximum absolute atomic E-state index is 9.37. The zero-order valence-corrected chi connectivity index (χ0v) is 14.7. The number of hydrogen-bond donors (Lipinski definition) is 2. The molecule has 0 aliphatic rings. The van der Waals surface area contributed by atoms with E-state index in [-0.39, 0.29) is 12.6 Å². The summed E-state index contributed by atoms with van der Waals surface area (Å²) in [5, 5.41) is 16.4. The molecule has 3 aromatic rings. The number of aliphatic hydroxyl groups is 1. The number of aromatic nitrogens is 2. The van der Waals surface area contributed by atoms with E-state index in [0.717, 1.165) is 27.2 Å². The summed E-state index contributed by atoms with van der Waals surface area (Å²) in [6.07, 6.45) is 2.23. The predicted octanol–water partition coefficient (Wildman–Crippen LogP) is 4.08. The smallest absolute Gasteiger partial charge is 0.138 e. The van der Waals surface area contributed by atoms with Crippen LogP contribution >= 0.6 is 22.9 Å². The molecule has 1 aromatic carbocycles. The van der Waals surface area contributed by atoms with Crippen LogP contribution in [0.15, 0.2) is 36.0 Å². The summed E-state index contributed by atoms with van der Waals surface area (Å²) in [5.74, 6) is 7.08. The summed E-state index contributed by atoms with van der Waals surface area (Å²) in [7, 11) is 0. The highest BCUT2D eigenvalue weighted by atomic mass is 35.5. The van der Waals surface area contributed by atoms with Gasteiger partial charge in [-0.15, -0.1) is 11.3 Å². The number of benzene rings is 1. The van der Waals surface area contributed by atoms with Crippen molar-refractivity contribution in [1.29, 1.82) is 0 Å². The number of fused-ring (bicyclic) bond motifs is 1. The lowest BCUT2D eigenvalue weighted by molar-refractivity contribution is 0.281. The molecule has 4 nitrogen and oxygen atoms in total. The average molecular weight is 358 g/mol. The van der Waals surface area contributed by atoms with Crippen LogP contribution in [0.25, 0.3) is 10.2 Å². The van der Waals surface area contributed by atoms with Gasteiger partial charge in [0.1, 0.15) is 17.0 Å². The quantitative estimate of drug-likeness (QED) is 0.691. The largest absolute Gasteiger partial charge is 0.392 e. The van der Waals surface area contributed by atoms with Crippen LogP contribution in [0.2, 0.25) is 5.02 Å². The lowest BCUT2D eigenvalue weighted by Crippen LogP contribution is -2.15. The van der Waals surface area contributed by atoms with Gasteiger partial charge < -0.3 is 10.4 Å². The van der Waals surface area contributed by atoms with Gasteiger partial charge >= 0.3 is 0 Å². The van der Waals surface area contributed by atoms with Crippen LogP contribution in [0.4, 0.5) is 5.82 Å². The van der Waals surface area contributed by atoms with E-state index in [1.54, 1.807) is 29.8 Å². The molecule has 1 unspecified atom stereocenters. The first kappa shape index (κ1) is 16.7. The molecular weight excluding hydrogens is 342 g/mol. The molecule has 2 aromatic heterocycles. The summed E-state index contributed by atoms with van der Waals surface area (Å²) < 4.78 is 0. The number of nitrogens with one attached hydrogen (secondary N) is 1. The third-order valence-corrected chi connectivity index (χ3v) is 4.57. The summed E-state index contributed by atoms with van der Waals surface area (Å²) >= 11 is 7.52. The molecule has 1 atom stereocenters. The molecule has 6 heteroatoms. The van der Waals surface area contributed by atoms with Crippen LogP contribution in [0.5, 0.6) is 0 Å². The summed E-state index contributed by atoms with van der Waals surface area (Å²) in [4.78, 5) is 9.52. The Kier molecular flexibility index (Phi) is 5.31. The van der Waals surface area contributed by atoms with Crippen LogP contribution in [0.3, 0.4) is 0 Å². The number of nitrogens with zero attached hydrogens (tertiary/aromatic N) is 2. The minimum atomic E-state index is -0.0740. The van der Waals surface area contributed by atoms with Gasteiger partial charge in [0.15, 0.2) is 0 Å². The van der Waals surface area contributed by atoms with Gasteiger partial charge in [-0.1, -0.05) is 23.4 Å². The second kappa shape index (κ2) is 7.63. The molecule has 0 aliphatic carbocycles. The van der Waals surface area contributed by atoms with Crippen LogP contribution in [-0.2, 0) is 6.61 Å². The van der Waals surface area contributed by atoms with E-state index in [2.05, 4.69) is 34.0 Å². The molecule has 0 amide bonds. The first-order valence-electron chi connectivity index (χ1n) is 7.50. The van der Waals surface area contributed by atoms with Crippen LogP contribution < -0.4 is 5.32 Å². The highest BCUT2D eigenvalue weighted by Gasteiger charge is 2.07. The van der Waals surface area contributed by atoms with Crippen molar-refractivity contribution in [2.75, 3.05) is 5.32 Å². The first-order valence-corrected chi connectivity index (χ1v) is 8.76. The van der Waals surface area contributed by atoms with Gasteiger partial charge in [0.25, 0.3) is 0 Å².